The Morgan fingerprint density at radius 2 is 1.79 bits per heavy atom. The van der Waals surface area contributed by atoms with Crippen LogP contribution >= 0.6 is 0 Å². The van der Waals surface area contributed by atoms with E-state index in [9.17, 15) is 9.70 Å². The number of rotatable bonds is 13. The van der Waals surface area contributed by atoms with Gasteiger partial charge < -0.3 is 10.4 Å². The van der Waals surface area contributed by atoms with Gasteiger partial charge in [0, 0.05) is 0 Å². The van der Waals surface area contributed by atoms with Crippen LogP contribution in [0.3, 0.4) is 0 Å². The molecule has 0 radical (unpaired) electrons. The Bertz CT molecular complexity index is 247. The van der Waals surface area contributed by atoms with Crippen LogP contribution in [0, 0.1) is 10.8 Å². The number of carboxylic acid groups (broad SMARTS) is 1. The Balaban J connectivity index is 3.46. The minimum atomic E-state index is -0.950. The van der Waals surface area contributed by atoms with Crippen LogP contribution in [0.1, 0.15) is 58.8 Å². The Hall–Kier alpha value is -0.970. The van der Waals surface area contributed by atoms with Crippen molar-refractivity contribution < 1.29 is 9.90 Å². The molecule has 0 amide bonds. The smallest absolute Gasteiger partial charge is 0.308 e. The lowest BCUT2D eigenvalue weighted by Crippen LogP contribution is -2.25. The second-order valence-electron chi connectivity index (χ2n) is 5.11. The molecule has 0 rings (SSSR count). The predicted molar refractivity (Wildman–Crippen MR) is 77.2 cm³/mol. The van der Waals surface area contributed by atoms with Crippen LogP contribution in [-0.4, -0.2) is 30.2 Å². The summed E-state index contributed by atoms with van der Waals surface area (Å²) in [5.74, 6) is -1.64. The minimum absolute atomic E-state index is 0.541. The number of hydrogen-bond donors (Lipinski definition) is 2. The summed E-state index contributed by atoms with van der Waals surface area (Å²) in [7, 11) is 0. The van der Waals surface area contributed by atoms with Gasteiger partial charge >= 0.3 is 5.97 Å². The average Bonchev–Trinajstić information content (AvgIpc) is 2.40. The van der Waals surface area contributed by atoms with E-state index in [4.69, 9.17) is 5.11 Å². The summed E-state index contributed by atoms with van der Waals surface area (Å²) in [6, 6.07) is -0.608. The van der Waals surface area contributed by atoms with E-state index in [2.05, 4.69) is 17.4 Å². The first-order valence-electron chi connectivity index (χ1n) is 7.39. The molecule has 0 aliphatic carbocycles. The number of nitrogens with one attached hydrogen (secondary N) is 1. The highest BCUT2D eigenvalue weighted by Gasteiger charge is 2.23. The van der Waals surface area contributed by atoms with Gasteiger partial charge in [0.2, 0.25) is 0 Å². The molecule has 19 heavy (non-hydrogen) atoms. The predicted octanol–water partition coefficient (Wildman–Crippen LogP) is 3.18. The Morgan fingerprint density at radius 1 is 1.16 bits per heavy atom. The summed E-state index contributed by atoms with van der Waals surface area (Å²) in [6.07, 6.45) is 7.64. The molecular formula is C14H28N2O3. The van der Waals surface area contributed by atoms with Crippen molar-refractivity contribution >= 4 is 5.97 Å². The van der Waals surface area contributed by atoms with Crippen LogP contribution in [0.25, 0.3) is 0 Å². The molecule has 5 nitrogen and oxygen atoms in total. The number of unbranched alkanes of at least 4 members (excludes halogenated alkanes) is 4. The second kappa shape index (κ2) is 12.1. The zero-order valence-electron chi connectivity index (χ0n) is 12.2. The average molecular weight is 272 g/mol. The Kier molecular flexibility index (Phi) is 11.5. The van der Waals surface area contributed by atoms with Crippen molar-refractivity contribution in [2.24, 2.45) is 11.1 Å². The summed E-state index contributed by atoms with van der Waals surface area (Å²) in [4.78, 5) is 21.3. The molecule has 0 aromatic carbocycles. The first-order chi connectivity index (χ1) is 9.13. The van der Waals surface area contributed by atoms with Crippen molar-refractivity contribution in [2.45, 2.75) is 64.8 Å². The minimum Gasteiger partial charge on any atom is -0.481 e. The van der Waals surface area contributed by atoms with E-state index in [1.54, 1.807) is 0 Å². The second-order valence-corrected chi connectivity index (χ2v) is 5.11. The van der Waals surface area contributed by atoms with E-state index in [0.717, 1.165) is 19.5 Å². The molecule has 0 aliphatic heterocycles. The lowest BCUT2D eigenvalue weighted by Gasteiger charge is -2.13. The van der Waals surface area contributed by atoms with Crippen LogP contribution in [-0.2, 0) is 4.79 Å². The zero-order valence-corrected chi connectivity index (χ0v) is 12.2. The largest absolute Gasteiger partial charge is 0.481 e. The standard InChI is InChI=1S/C14H28N2O3/c1-3-4-5-6-7-10-15-11-8-9-13(16-19)12(2)14(17)18/h12-13,15H,3-11H2,1-2H3,(H,17,18). The number of aliphatic carboxylic acids is 1. The van der Waals surface area contributed by atoms with Crippen LogP contribution in [0.2, 0.25) is 0 Å². The molecular weight excluding hydrogens is 244 g/mol. The fourth-order valence-corrected chi connectivity index (χ4v) is 1.97. The maximum atomic E-state index is 10.7. The maximum Gasteiger partial charge on any atom is 0.308 e. The number of hydrogen-bond acceptors (Lipinski definition) is 4. The number of nitrogens with zero attached hydrogens (tertiary/aromatic N) is 1. The Morgan fingerprint density at radius 3 is 2.37 bits per heavy atom. The summed E-state index contributed by atoms with van der Waals surface area (Å²) < 4.78 is 0. The monoisotopic (exact) mass is 272 g/mol. The van der Waals surface area contributed by atoms with Gasteiger partial charge in [-0.1, -0.05) is 37.8 Å². The first-order valence-corrected chi connectivity index (χ1v) is 7.39. The summed E-state index contributed by atoms with van der Waals surface area (Å²) in [5, 5.41) is 15.0. The number of carboxylic acids is 1. The zero-order chi connectivity index (χ0) is 14.5. The van der Waals surface area contributed by atoms with Gasteiger partial charge in [-0.2, -0.15) is 4.91 Å². The third-order valence-corrected chi connectivity index (χ3v) is 3.41. The molecule has 0 fully saturated rings. The molecule has 112 valence electrons. The third-order valence-electron chi connectivity index (χ3n) is 3.41. The molecule has 0 saturated heterocycles. The number of nitroso groups, excluding NO2 is 1. The summed E-state index contributed by atoms with van der Waals surface area (Å²) in [5.41, 5.74) is 0. The van der Waals surface area contributed by atoms with Gasteiger partial charge in [-0.15, -0.1) is 0 Å². The van der Waals surface area contributed by atoms with Crippen LogP contribution in [0.4, 0.5) is 0 Å². The van der Waals surface area contributed by atoms with Crippen molar-refractivity contribution in [3.8, 4) is 0 Å². The van der Waals surface area contributed by atoms with Gasteiger partial charge in [0.15, 0.2) is 0 Å². The highest BCUT2D eigenvalue weighted by Crippen LogP contribution is 2.13. The van der Waals surface area contributed by atoms with Crippen molar-refractivity contribution in [2.75, 3.05) is 13.1 Å². The molecule has 0 aromatic heterocycles. The SMILES string of the molecule is CCCCCCCNCCCC(N=O)C(C)C(=O)O. The molecule has 2 atom stereocenters. The van der Waals surface area contributed by atoms with Crippen molar-refractivity contribution in [1.82, 2.24) is 5.32 Å². The molecule has 0 aliphatic rings. The Labute approximate surface area is 116 Å². The lowest BCUT2D eigenvalue weighted by atomic mass is 9.98. The van der Waals surface area contributed by atoms with E-state index in [1.807, 2.05) is 0 Å². The van der Waals surface area contributed by atoms with E-state index >= 15 is 0 Å². The van der Waals surface area contributed by atoms with Crippen molar-refractivity contribution in [3.05, 3.63) is 4.91 Å². The van der Waals surface area contributed by atoms with Gasteiger partial charge in [0.25, 0.3) is 0 Å². The fourth-order valence-electron chi connectivity index (χ4n) is 1.97. The van der Waals surface area contributed by atoms with Gasteiger partial charge in [-0.3, -0.25) is 4.79 Å². The molecule has 2 unspecified atom stereocenters. The maximum absolute atomic E-state index is 10.7. The van der Waals surface area contributed by atoms with Crippen LogP contribution in [0.15, 0.2) is 5.18 Å². The van der Waals surface area contributed by atoms with E-state index in [-0.39, 0.29) is 0 Å². The first kappa shape index (κ1) is 18.0. The third kappa shape index (κ3) is 9.59. The summed E-state index contributed by atoms with van der Waals surface area (Å²) in [6.45, 7) is 5.56. The lowest BCUT2D eigenvalue weighted by molar-refractivity contribution is -0.141. The molecule has 0 bridgehead atoms. The van der Waals surface area contributed by atoms with E-state index in [0.29, 0.717) is 6.42 Å². The van der Waals surface area contributed by atoms with Crippen molar-refractivity contribution in [1.29, 1.82) is 0 Å². The van der Waals surface area contributed by atoms with Gasteiger partial charge in [0.1, 0.15) is 6.04 Å². The van der Waals surface area contributed by atoms with Gasteiger partial charge in [-0.05, 0) is 39.3 Å². The highest BCUT2D eigenvalue weighted by atomic mass is 16.4. The highest BCUT2D eigenvalue weighted by molar-refractivity contribution is 5.70. The fraction of sp³-hybridized carbons (Fsp3) is 0.929. The topological polar surface area (TPSA) is 78.8 Å². The summed E-state index contributed by atoms with van der Waals surface area (Å²) >= 11 is 0. The molecule has 2 N–H and O–H groups in total. The van der Waals surface area contributed by atoms with Crippen LogP contribution in [0.5, 0.6) is 0 Å². The molecule has 0 aromatic rings. The van der Waals surface area contributed by atoms with E-state index in [1.165, 1.54) is 39.0 Å². The molecule has 5 heteroatoms. The molecule has 0 saturated carbocycles. The number of carbonyl (C=O) groups is 1. The van der Waals surface area contributed by atoms with Gasteiger partial charge in [0.05, 0.1) is 5.92 Å². The normalized spacial score (nSPS) is 14.0. The van der Waals surface area contributed by atoms with E-state index < -0.39 is 17.9 Å². The molecule has 0 heterocycles. The molecule has 0 spiro atoms. The quantitative estimate of drug-likeness (QED) is 0.398. The van der Waals surface area contributed by atoms with Crippen LogP contribution < -0.4 is 5.32 Å². The van der Waals surface area contributed by atoms with Crippen molar-refractivity contribution in [3.63, 3.8) is 0 Å². The van der Waals surface area contributed by atoms with Gasteiger partial charge in [-0.25, -0.2) is 0 Å².